The average Bonchev–Trinajstić information content (AvgIpc) is 2.59. The van der Waals surface area contributed by atoms with Crippen molar-refractivity contribution >= 4 is 17.5 Å². The molecule has 2 rings (SSSR count). The first-order valence-electron chi connectivity index (χ1n) is 8.22. The molecule has 0 aromatic heterocycles. The number of methoxy groups -OCH3 is 1. The van der Waals surface area contributed by atoms with E-state index in [0.717, 1.165) is 28.9 Å². The molecule has 3 nitrogen and oxygen atoms in total. The van der Waals surface area contributed by atoms with E-state index in [2.05, 4.69) is 18.3 Å². The van der Waals surface area contributed by atoms with Crippen LogP contribution in [0.2, 0.25) is 5.02 Å². The van der Waals surface area contributed by atoms with Gasteiger partial charge in [-0.15, -0.1) is 0 Å². The summed E-state index contributed by atoms with van der Waals surface area (Å²) in [6, 6.07) is 13.7. The molecule has 4 heteroatoms. The zero-order valence-corrected chi connectivity index (χ0v) is 15.2. The number of aryl methyl sites for hydroxylation is 2. The topological polar surface area (TPSA) is 38.3 Å². The molecule has 0 spiro atoms. The van der Waals surface area contributed by atoms with Crippen molar-refractivity contribution in [2.75, 3.05) is 7.11 Å². The summed E-state index contributed by atoms with van der Waals surface area (Å²) in [6.07, 6.45) is 1.91. The summed E-state index contributed by atoms with van der Waals surface area (Å²) in [7, 11) is 1.66. The fourth-order valence-electron chi connectivity index (χ4n) is 2.76. The van der Waals surface area contributed by atoms with E-state index >= 15 is 0 Å². The summed E-state index contributed by atoms with van der Waals surface area (Å²) in [4.78, 5) is 12.3. The Morgan fingerprint density at radius 1 is 1.25 bits per heavy atom. The van der Waals surface area contributed by atoms with Gasteiger partial charge in [0.05, 0.1) is 13.2 Å². The largest absolute Gasteiger partial charge is 0.496 e. The van der Waals surface area contributed by atoms with Crippen molar-refractivity contribution in [3.63, 3.8) is 0 Å². The van der Waals surface area contributed by atoms with Crippen molar-refractivity contribution in [1.82, 2.24) is 5.32 Å². The van der Waals surface area contributed by atoms with Crippen molar-refractivity contribution < 1.29 is 9.53 Å². The van der Waals surface area contributed by atoms with Gasteiger partial charge >= 0.3 is 0 Å². The predicted molar refractivity (Wildman–Crippen MR) is 98.7 cm³/mol. The van der Waals surface area contributed by atoms with Crippen LogP contribution in [0.5, 0.6) is 5.75 Å². The molecule has 2 aromatic carbocycles. The Morgan fingerprint density at radius 2 is 2.00 bits per heavy atom. The molecule has 24 heavy (non-hydrogen) atoms. The fraction of sp³-hybridized carbons (Fsp3) is 0.350. The van der Waals surface area contributed by atoms with Crippen LogP contribution >= 0.6 is 11.6 Å². The van der Waals surface area contributed by atoms with Crippen LogP contribution in [0.3, 0.4) is 0 Å². The molecule has 0 radical (unpaired) electrons. The molecular weight excluding hydrogens is 322 g/mol. The molecule has 0 aliphatic carbocycles. The second-order valence-corrected chi connectivity index (χ2v) is 6.26. The van der Waals surface area contributed by atoms with E-state index in [0.29, 0.717) is 17.9 Å². The third kappa shape index (κ3) is 4.75. The number of hydrogen-bond acceptors (Lipinski definition) is 2. The van der Waals surface area contributed by atoms with E-state index in [9.17, 15) is 4.79 Å². The Morgan fingerprint density at radius 3 is 2.62 bits per heavy atom. The normalized spacial score (nSPS) is 11.8. The van der Waals surface area contributed by atoms with Gasteiger partial charge in [-0.05, 0) is 48.6 Å². The summed E-state index contributed by atoms with van der Waals surface area (Å²) in [5.74, 6) is 0.897. The van der Waals surface area contributed by atoms with Gasteiger partial charge in [0.2, 0.25) is 5.91 Å². The van der Waals surface area contributed by atoms with Crippen molar-refractivity contribution in [3.05, 3.63) is 64.2 Å². The van der Waals surface area contributed by atoms with E-state index in [4.69, 9.17) is 16.3 Å². The third-order valence-electron chi connectivity index (χ3n) is 4.14. The minimum Gasteiger partial charge on any atom is -0.496 e. The zero-order chi connectivity index (χ0) is 17.5. The first-order valence-corrected chi connectivity index (χ1v) is 8.60. The van der Waals surface area contributed by atoms with Gasteiger partial charge in [-0.25, -0.2) is 0 Å². The van der Waals surface area contributed by atoms with Gasteiger partial charge < -0.3 is 10.1 Å². The minimum atomic E-state index is 0.00773. The molecule has 2 aromatic rings. The van der Waals surface area contributed by atoms with E-state index in [1.54, 1.807) is 7.11 Å². The fourth-order valence-corrected chi connectivity index (χ4v) is 2.99. The van der Waals surface area contributed by atoms with Crippen LogP contribution in [0.25, 0.3) is 0 Å². The number of ether oxygens (including phenoxy) is 1. The quantitative estimate of drug-likeness (QED) is 0.778. The van der Waals surface area contributed by atoms with Gasteiger partial charge in [-0.2, -0.15) is 0 Å². The number of amides is 1. The lowest BCUT2D eigenvalue weighted by Gasteiger charge is -2.19. The van der Waals surface area contributed by atoms with Crippen molar-refractivity contribution in [1.29, 1.82) is 0 Å². The lowest BCUT2D eigenvalue weighted by atomic mass is 10.0. The maximum Gasteiger partial charge on any atom is 0.220 e. The Balaban J connectivity index is 1.98. The molecular formula is C20H24ClNO2. The molecule has 1 atom stereocenters. The molecule has 1 unspecified atom stereocenters. The highest BCUT2D eigenvalue weighted by Crippen LogP contribution is 2.24. The number of carbonyl (C=O) groups is 1. The van der Waals surface area contributed by atoms with Gasteiger partial charge in [0.15, 0.2) is 0 Å². The van der Waals surface area contributed by atoms with E-state index in [-0.39, 0.29) is 11.9 Å². The molecule has 0 aliphatic rings. The van der Waals surface area contributed by atoms with Crippen molar-refractivity contribution in [2.24, 2.45) is 0 Å². The summed E-state index contributed by atoms with van der Waals surface area (Å²) in [5, 5.41) is 3.83. The van der Waals surface area contributed by atoms with Gasteiger partial charge in [0.25, 0.3) is 0 Å². The summed E-state index contributed by atoms with van der Waals surface area (Å²) in [5.41, 5.74) is 3.17. The van der Waals surface area contributed by atoms with Crippen LogP contribution in [0.15, 0.2) is 42.5 Å². The Hall–Kier alpha value is -2.00. The van der Waals surface area contributed by atoms with Gasteiger partial charge in [-0.1, -0.05) is 48.9 Å². The number of carbonyl (C=O) groups excluding carboxylic acids is 1. The molecule has 1 amide bonds. The summed E-state index contributed by atoms with van der Waals surface area (Å²) in [6.45, 7) is 4.08. The Bertz CT molecular complexity index is 700. The summed E-state index contributed by atoms with van der Waals surface area (Å²) >= 11 is 6.14. The number of rotatable bonds is 7. The average molecular weight is 346 g/mol. The summed E-state index contributed by atoms with van der Waals surface area (Å²) < 4.78 is 5.29. The second-order valence-electron chi connectivity index (χ2n) is 5.85. The molecule has 128 valence electrons. The highest BCUT2D eigenvalue weighted by Gasteiger charge is 2.14. The van der Waals surface area contributed by atoms with Crippen LogP contribution in [0.1, 0.15) is 42.5 Å². The maximum atomic E-state index is 12.3. The van der Waals surface area contributed by atoms with Crippen LogP contribution in [0.4, 0.5) is 0 Å². The maximum absolute atomic E-state index is 12.3. The smallest absolute Gasteiger partial charge is 0.220 e. The van der Waals surface area contributed by atoms with Crippen LogP contribution in [-0.4, -0.2) is 13.0 Å². The molecule has 0 saturated heterocycles. The lowest BCUT2D eigenvalue weighted by Crippen LogP contribution is -2.28. The lowest BCUT2D eigenvalue weighted by molar-refractivity contribution is -0.121. The van der Waals surface area contributed by atoms with Crippen molar-refractivity contribution in [3.8, 4) is 5.75 Å². The molecule has 0 saturated carbocycles. The van der Waals surface area contributed by atoms with E-state index in [1.165, 1.54) is 0 Å². The molecule has 0 fully saturated rings. The predicted octanol–water partition coefficient (Wildman–Crippen LogP) is 4.86. The van der Waals surface area contributed by atoms with Crippen LogP contribution < -0.4 is 10.1 Å². The monoisotopic (exact) mass is 345 g/mol. The van der Waals surface area contributed by atoms with Gasteiger partial charge in [-0.3, -0.25) is 4.79 Å². The third-order valence-corrected chi connectivity index (χ3v) is 4.51. The second kappa shape index (κ2) is 8.74. The number of halogens is 1. The molecule has 1 N–H and O–H groups in total. The SMILES string of the molecule is CCC(NC(=O)CCc1ccccc1Cl)c1ccc(OC)c(C)c1. The highest BCUT2D eigenvalue weighted by molar-refractivity contribution is 6.31. The van der Waals surface area contributed by atoms with Gasteiger partial charge in [0.1, 0.15) is 5.75 Å². The van der Waals surface area contributed by atoms with E-state index < -0.39 is 0 Å². The first-order chi connectivity index (χ1) is 11.5. The number of hydrogen-bond donors (Lipinski definition) is 1. The minimum absolute atomic E-state index is 0.00773. The Labute approximate surface area is 149 Å². The van der Waals surface area contributed by atoms with Gasteiger partial charge in [0, 0.05) is 11.4 Å². The highest BCUT2D eigenvalue weighted by atomic mass is 35.5. The zero-order valence-electron chi connectivity index (χ0n) is 14.4. The van der Waals surface area contributed by atoms with E-state index in [1.807, 2.05) is 43.3 Å². The van der Waals surface area contributed by atoms with Crippen molar-refractivity contribution in [2.45, 2.75) is 39.2 Å². The molecule has 0 heterocycles. The number of nitrogens with one attached hydrogen (secondary N) is 1. The van der Waals surface area contributed by atoms with Crippen LogP contribution in [0, 0.1) is 6.92 Å². The number of benzene rings is 2. The molecule has 0 aliphatic heterocycles. The Kier molecular flexibility index (Phi) is 6.68. The standard InChI is InChI=1S/C20H24ClNO2/c1-4-18(16-9-11-19(24-3)14(2)13-16)22-20(23)12-10-15-7-5-6-8-17(15)21/h5-9,11,13,18H,4,10,12H2,1-3H3,(H,22,23). The first kappa shape index (κ1) is 18.3. The molecule has 0 bridgehead atoms. The van der Waals surface area contributed by atoms with Crippen LogP contribution in [-0.2, 0) is 11.2 Å².